The zero-order valence-corrected chi connectivity index (χ0v) is 22.6. The molecular formula is C27H34N4O6S. The lowest BCUT2D eigenvalue weighted by Gasteiger charge is -2.28. The minimum Gasteiger partial charge on any atom is -0.494 e. The second-order valence-electron chi connectivity index (χ2n) is 9.48. The number of hydrogen-bond acceptors (Lipinski definition) is 8. The van der Waals surface area contributed by atoms with Gasteiger partial charge in [0.25, 0.3) is 15.9 Å². The highest BCUT2D eigenvalue weighted by Gasteiger charge is 2.31. The van der Waals surface area contributed by atoms with Crippen molar-refractivity contribution < 1.29 is 27.5 Å². The Bertz CT molecular complexity index is 1290. The summed E-state index contributed by atoms with van der Waals surface area (Å²) in [5.74, 6) is -0.694. The third kappa shape index (κ3) is 7.11. The van der Waals surface area contributed by atoms with Crippen LogP contribution in [0.5, 0.6) is 5.75 Å². The number of carbonyl (C=O) groups is 2. The molecule has 0 aliphatic carbocycles. The van der Waals surface area contributed by atoms with Gasteiger partial charge in [0.15, 0.2) is 6.10 Å². The molecule has 4 rings (SSSR count). The van der Waals surface area contributed by atoms with Crippen LogP contribution in [0.1, 0.15) is 44.6 Å². The second kappa shape index (κ2) is 12.4. The van der Waals surface area contributed by atoms with E-state index in [1.165, 1.54) is 42.7 Å². The molecule has 1 atom stereocenters. The average molecular weight is 543 g/mol. The standard InChI is InChI=1S/C27H34N4O6S/c1-20(32)37-24(26(33)28-27-29-38(34,35)25-14-5-4-12-23(25)30(27)2)13-9-17-36-22-11-8-10-21(18-22)19-31-15-6-3-7-16-31/h4-5,8,10-12,14,18,24H,3,6-7,9,13,15-17,19H2,1-2H3,(H,28,29,33). The number of benzene rings is 2. The van der Waals surface area contributed by atoms with Crippen molar-refractivity contribution in [1.82, 2.24) is 10.2 Å². The molecule has 0 aromatic heterocycles. The lowest BCUT2D eigenvalue weighted by atomic mass is 10.1. The molecule has 1 saturated heterocycles. The molecule has 2 aromatic rings. The fraction of sp³-hybridized carbons (Fsp3) is 0.444. The number of ether oxygens (including phenoxy) is 2. The number of amides is 1. The number of anilines is 1. The van der Waals surface area contributed by atoms with Gasteiger partial charge in [-0.05, 0) is 68.6 Å². The average Bonchev–Trinajstić information content (AvgIpc) is 2.89. The topological polar surface area (TPSA) is 118 Å². The molecule has 2 aromatic carbocycles. The number of hydrogen-bond donors (Lipinski definition) is 1. The first-order chi connectivity index (χ1) is 18.2. The van der Waals surface area contributed by atoms with Gasteiger partial charge in [0.05, 0.1) is 12.3 Å². The number of para-hydroxylation sites is 1. The largest absolute Gasteiger partial charge is 0.494 e. The van der Waals surface area contributed by atoms with Crippen molar-refractivity contribution in [2.75, 3.05) is 31.6 Å². The van der Waals surface area contributed by atoms with Crippen molar-refractivity contribution in [3.05, 3.63) is 54.1 Å². The van der Waals surface area contributed by atoms with Gasteiger partial charge in [-0.15, -0.1) is 4.40 Å². The second-order valence-corrected chi connectivity index (χ2v) is 11.1. The molecule has 204 valence electrons. The van der Waals surface area contributed by atoms with Crippen LogP contribution in [-0.4, -0.2) is 64.0 Å². The summed E-state index contributed by atoms with van der Waals surface area (Å²) in [6, 6.07) is 14.4. The number of guanidine groups is 1. The number of piperidine rings is 1. The molecule has 10 nitrogen and oxygen atoms in total. The molecule has 1 unspecified atom stereocenters. The van der Waals surface area contributed by atoms with Crippen LogP contribution in [0, 0.1) is 0 Å². The summed E-state index contributed by atoms with van der Waals surface area (Å²) in [6.07, 6.45) is 3.27. The van der Waals surface area contributed by atoms with Crippen LogP contribution in [0.3, 0.4) is 0 Å². The Morgan fingerprint density at radius 3 is 2.61 bits per heavy atom. The highest BCUT2D eigenvalue weighted by Crippen LogP contribution is 2.29. The van der Waals surface area contributed by atoms with Crippen LogP contribution in [0.15, 0.2) is 57.8 Å². The number of carbonyl (C=O) groups excluding carboxylic acids is 2. The molecular weight excluding hydrogens is 508 g/mol. The van der Waals surface area contributed by atoms with Gasteiger partial charge >= 0.3 is 5.97 Å². The van der Waals surface area contributed by atoms with E-state index < -0.39 is 28.0 Å². The Kier molecular flexibility index (Phi) is 9.01. The van der Waals surface area contributed by atoms with E-state index >= 15 is 0 Å². The first-order valence-corrected chi connectivity index (χ1v) is 14.3. The van der Waals surface area contributed by atoms with E-state index in [1.807, 2.05) is 18.2 Å². The number of likely N-dealkylation sites (tertiary alicyclic amines) is 1. The molecule has 2 aliphatic heterocycles. The van der Waals surface area contributed by atoms with E-state index in [4.69, 9.17) is 9.47 Å². The van der Waals surface area contributed by atoms with Gasteiger partial charge in [-0.25, -0.2) is 0 Å². The molecule has 1 N–H and O–H groups in total. The first-order valence-electron chi connectivity index (χ1n) is 12.8. The summed E-state index contributed by atoms with van der Waals surface area (Å²) >= 11 is 0. The highest BCUT2D eigenvalue weighted by molar-refractivity contribution is 7.90. The van der Waals surface area contributed by atoms with E-state index in [2.05, 4.69) is 20.7 Å². The fourth-order valence-electron chi connectivity index (χ4n) is 4.60. The molecule has 2 heterocycles. The molecule has 1 amide bonds. The van der Waals surface area contributed by atoms with Crippen molar-refractivity contribution in [3.63, 3.8) is 0 Å². The van der Waals surface area contributed by atoms with Crippen LogP contribution < -0.4 is 15.0 Å². The lowest BCUT2D eigenvalue weighted by Crippen LogP contribution is -2.49. The number of sulfonamides is 1. The molecule has 38 heavy (non-hydrogen) atoms. The smallest absolute Gasteiger partial charge is 0.303 e. The van der Waals surface area contributed by atoms with Gasteiger partial charge in [-0.1, -0.05) is 30.7 Å². The summed E-state index contributed by atoms with van der Waals surface area (Å²) < 4.78 is 40.0. The van der Waals surface area contributed by atoms with Crippen LogP contribution in [-0.2, 0) is 30.9 Å². The quantitative estimate of drug-likeness (QED) is 0.380. The Balaban J connectivity index is 1.33. The number of nitrogens with zero attached hydrogens (tertiary/aromatic N) is 3. The zero-order chi connectivity index (χ0) is 27.1. The first kappa shape index (κ1) is 27.6. The normalized spacial score (nSPS) is 17.6. The molecule has 0 spiro atoms. The Morgan fingerprint density at radius 1 is 1.08 bits per heavy atom. The van der Waals surface area contributed by atoms with Gasteiger partial charge in [-0.3, -0.25) is 19.8 Å². The predicted molar refractivity (Wildman–Crippen MR) is 143 cm³/mol. The van der Waals surface area contributed by atoms with Crippen molar-refractivity contribution in [3.8, 4) is 5.75 Å². The van der Waals surface area contributed by atoms with Gasteiger partial charge in [0.1, 0.15) is 10.6 Å². The Labute approximate surface area is 223 Å². The summed E-state index contributed by atoms with van der Waals surface area (Å²) in [4.78, 5) is 28.6. The molecule has 0 saturated carbocycles. The van der Waals surface area contributed by atoms with Crippen LogP contribution >= 0.6 is 0 Å². The molecule has 11 heteroatoms. The summed E-state index contributed by atoms with van der Waals surface area (Å²) in [5.41, 5.74) is 1.58. The number of nitrogens with one attached hydrogen (secondary N) is 1. The van der Waals surface area contributed by atoms with Gasteiger partial charge in [-0.2, -0.15) is 8.42 Å². The highest BCUT2D eigenvalue weighted by atomic mass is 32.2. The molecule has 0 bridgehead atoms. The third-order valence-electron chi connectivity index (χ3n) is 6.50. The maximum absolute atomic E-state index is 13.0. The van der Waals surface area contributed by atoms with Crippen LogP contribution in [0.2, 0.25) is 0 Å². The van der Waals surface area contributed by atoms with Gasteiger partial charge in [0, 0.05) is 20.5 Å². The van der Waals surface area contributed by atoms with Gasteiger partial charge in [0.2, 0.25) is 5.96 Å². The fourth-order valence-corrected chi connectivity index (χ4v) is 5.81. The van der Waals surface area contributed by atoms with E-state index in [1.54, 1.807) is 25.2 Å². The van der Waals surface area contributed by atoms with Gasteiger partial charge < -0.3 is 14.4 Å². The summed E-state index contributed by atoms with van der Waals surface area (Å²) in [7, 11) is -2.38. The zero-order valence-electron chi connectivity index (χ0n) is 21.8. The number of fused-ring (bicyclic) bond motifs is 1. The summed E-state index contributed by atoms with van der Waals surface area (Å²) in [5, 5.41) is 2.51. The molecule has 2 aliphatic rings. The number of esters is 1. The predicted octanol–water partition coefficient (Wildman–Crippen LogP) is 3.07. The summed E-state index contributed by atoms with van der Waals surface area (Å²) in [6.45, 7) is 4.66. The van der Waals surface area contributed by atoms with Crippen LogP contribution in [0.4, 0.5) is 5.69 Å². The van der Waals surface area contributed by atoms with Crippen molar-refractivity contribution >= 4 is 33.5 Å². The maximum atomic E-state index is 13.0. The number of rotatable bonds is 9. The van der Waals surface area contributed by atoms with Crippen LogP contribution in [0.25, 0.3) is 0 Å². The SMILES string of the molecule is CC(=O)OC(CCCOc1cccc(CN2CCCCC2)c1)C(=O)NC1=NS(=O)(=O)c2ccccc2N1C. The van der Waals surface area contributed by atoms with Crippen molar-refractivity contribution in [2.24, 2.45) is 4.40 Å². The van der Waals surface area contributed by atoms with E-state index in [0.717, 1.165) is 25.4 Å². The van der Waals surface area contributed by atoms with Crippen molar-refractivity contribution in [2.45, 2.75) is 56.6 Å². The maximum Gasteiger partial charge on any atom is 0.303 e. The monoisotopic (exact) mass is 542 g/mol. The van der Waals surface area contributed by atoms with E-state index in [9.17, 15) is 18.0 Å². The molecule has 0 radical (unpaired) electrons. The van der Waals surface area contributed by atoms with Crippen molar-refractivity contribution in [1.29, 1.82) is 0 Å². The lowest BCUT2D eigenvalue weighted by molar-refractivity contribution is -0.153. The molecule has 1 fully saturated rings. The Morgan fingerprint density at radius 2 is 1.84 bits per heavy atom. The third-order valence-corrected chi connectivity index (χ3v) is 7.81. The Hall–Kier alpha value is -3.44. The minimum absolute atomic E-state index is 0.0502. The van der Waals surface area contributed by atoms with E-state index in [0.29, 0.717) is 18.7 Å². The van der Waals surface area contributed by atoms with E-state index in [-0.39, 0.29) is 17.3 Å². The minimum atomic E-state index is -3.98.